The van der Waals surface area contributed by atoms with Crippen LogP contribution >= 0.6 is 22.9 Å². The highest BCUT2D eigenvalue weighted by molar-refractivity contribution is 7.20. The van der Waals surface area contributed by atoms with E-state index in [1.165, 1.54) is 30.6 Å². The minimum absolute atomic E-state index is 0.134. The first-order chi connectivity index (χ1) is 12.2. The average molecular weight is 379 g/mol. The highest BCUT2D eigenvalue weighted by Gasteiger charge is 2.30. The van der Waals surface area contributed by atoms with Crippen LogP contribution in [0.25, 0.3) is 10.2 Å². The lowest BCUT2D eigenvalue weighted by Gasteiger charge is -2.34. The van der Waals surface area contributed by atoms with Crippen LogP contribution in [-0.4, -0.2) is 35.0 Å². The number of carbonyl (C=O) groups excluding carboxylic acids is 1. The summed E-state index contributed by atoms with van der Waals surface area (Å²) in [6, 6.07) is 5.79. The quantitative estimate of drug-likeness (QED) is 0.762. The van der Waals surface area contributed by atoms with Crippen molar-refractivity contribution in [3.63, 3.8) is 0 Å². The monoisotopic (exact) mass is 378 g/mol. The van der Waals surface area contributed by atoms with Gasteiger partial charge in [-0.2, -0.15) is 0 Å². The predicted octanol–water partition coefficient (Wildman–Crippen LogP) is 4.90. The number of piperidine rings is 1. The number of hydrogen-bond donors (Lipinski definition) is 0. The molecule has 25 heavy (non-hydrogen) atoms. The van der Waals surface area contributed by atoms with Crippen LogP contribution in [0.2, 0.25) is 5.02 Å². The number of fused-ring (bicyclic) bond motifs is 1. The molecule has 4 rings (SSSR count). The summed E-state index contributed by atoms with van der Waals surface area (Å²) in [4.78, 5) is 19.2. The molecule has 2 heterocycles. The van der Waals surface area contributed by atoms with Crippen molar-refractivity contribution in [1.29, 1.82) is 0 Å². The number of rotatable bonds is 3. The van der Waals surface area contributed by atoms with Gasteiger partial charge >= 0.3 is 0 Å². The van der Waals surface area contributed by atoms with E-state index in [1.54, 1.807) is 0 Å². The van der Waals surface area contributed by atoms with Gasteiger partial charge in [0.2, 0.25) is 5.91 Å². The maximum absolute atomic E-state index is 12.6. The van der Waals surface area contributed by atoms with Gasteiger partial charge in [0.25, 0.3) is 5.19 Å². The zero-order valence-electron chi connectivity index (χ0n) is 14.2. The Morgan fingerprint density at radius 3 is 2.64 bits per heavy atom. The molecule has 0 atom stereocenters. The molecule has 134 valence electrons. The van der Waals surface area contributed by atoms with Crippen LogP contribution < -0.4 is 4.74 Å². The van der Waals surface area contributed by atoms with E-state index in [0.717, 1.165) is 49.0 Å². The number of para-hydroxylation sites is 1. The van der Waals surface area contributed by atoms with Gasteiger partial charge in [0, 0.05) is 31.8 Å². The Bertz CT molecular complexity index is 749. The van der Waals surface area contributed by atoms with Gasteiger partial charge in [-0.1, -0.05) is 48.3 Å². The van der Waals surface area contributed by atoms with Gasteiger partial charge in [0.1, 0.15) is 11.6 Å². The summed E-state index contributed by atoms with van der Waals surface area (Å²) in [5, 5.41) is 1.34. The van der Waals surface area contributed by atoms with Gasteiger partial charge in [-0.3, -0.25) is 4.79 Å². The Morgan fingerprint density at radius 1 is 1.16 bits per heavy atom. The molecular weight excluding hydrogens is 356 g/mol. The molecule has 0 N–H and O–H groups in total. The van der Waals surface area contributed by atoms with Crippen molar-refractivity contribution in [3.8, 4) is 5.19 Å². The molecule has 1 aromatic heterocycles. The largest absolute Gasteiger partial charge is 0.467 e. The number of nitrogens with zero attached hydrogens (tertiary/aromatic N) is 2. The average Bonchev–Trinajstić information content (AvgIpc) is 3.06. The van der Waals surface area contributed by atoms with Crippen molar-refractivity contribution in [2.45, 2.75) is 51.0 Å². The number of amides is 1. The first-order valence-corrected chi connectivity index (χ1v) is 10.4. The number of likely N-dealkylation sites (tertiary alicyclic amines) is 1. The predicted molar refractivity (Wildman–Crippen MR) is 101 cm³/mol. The Labute approximate surface area is 157 Å². The molecule has 0 spiro atoms. The van der Waals surface area contributed by atoms with Gasteiger partial charge in [0.15, 0.2) is 0 Å². The molecule has 1 aliphatic heterocycles. The minimum atomic E-state index is 0.134. The molecule has 1 amide bonds. The smallest absolute Gasteiger partial charge is 0.274 e. The molecular formula is C19H23ClN2O2S. The summed E-state index contributed by atoms with van der Waals surface area (Å²) in [6.45, 7) is 1.59. The van der Waals surface area contributed by atoms with Gasteiger partial charge in [-0.15, -0.1) is 0 Å². The van der Waals surface area contributed by atoms with Crippen LogP contribution in [0.1, 0.15) is 44.9 Å². The highest BCUT2D eigenvalue weighted by atomic mass is 35.5. The normalized spacial score (nSPS) is 20.1. The van der Waals surface area contributed by atoms with Gasteiger partial charge in [0.05, 0.1) is 9.72 Å². The van der Waals surface area contributed by atoms with Crippen LogP contribution in [0.5, 0.6) is 5.19 Å². The Kier molecular flexibility index (Phi) is 5.13. The second-order valence-electron chi connectivity index (χ2n) is 7.04. The zero-order valence-corrected chi connectivity index (χ0v) is 15.8. The lowest BCUT2D eigenvalue weighted by molar-refractivity contribution is -0.138. The van der Waals surface area contributed by atoms with Crippen molar-refractivity contribution in [2.24, 2.45) is 5.92 Å². The van der Waals surface area contributed by atoms with E-state index in [4.69, 9.17) is 16.3 Å². The van der Waals surface area contributed by atoms with E-state index in [2.05, 4.69) is 4.98 Å². The fraction of sp³-hybridized carbons (Fsp3) is 0.579. The first-order valence-electron chi connectivity index (χ1n) is 9.21. The molecule has 0 bridgehead atoms. The zero-order chi connectivity index (χ0) is 17.2. The van der Waals surface area contributed by atoms with Crippen LogP contribution in [0.4, 0.5) is 0 Å². The Balaban J connectivity index is 1.33. The molecule has 2 fully saturated rings. The molecule has 1 saturated carbocycles. The van der Waals surface area contributed by atoms with E-state index in [9.17, 15) is 4.79 Å². The van der Waals surface area contributed by atoms with E-state index < -0.39 is 0 Å². The maximum atomic E-state index is 12.6. The molecule has 6 heteroatoms. The number of aromatic nitrogens is 1. The van der Waals surface area contributed by atoms with Gasteiger partial charge in [-0.25, -0.2) is 4.98 Å². The number of ether oxygens (including phenoxy) is 1. The fourth-order valence-corrected chi connectivity index (χ4v) is 5.07. The van der Waals surface area contributed by atoms with Crippen LogP contribution in [-0.2, 0) is 4.79 Å². The number of thiazole rings is 1. The molecule has 2 aromatic rings. The third kappa shape index (κ3) is 3.77. The topological polar surface area (TPSA) is 42.4 Å². The summed E-state index contributed by atoms with van der Waals surface area (Å²) in [5.74, 6) is 0.627. The molecule has 4 nitrogen and oxygen atoms in total. The van der Waals surface area contributed by atoms with Gasteiger partial charge in [-0.05, 0) is 25.0 Å². The molecule has 2 aliphatic rings. The fourth-order valence-electron chi connectivity index (χ4n) is 3.89. The second kappa shape index (κ2) is 7.50. The molecule has 1 saturated heterocycles. The van der Waals surface area contributed by atoms with E-state index in [-0.39, 0.29) is 12.0 Å². The summed E-state index contributed by atoms with van der Waals surface area (Å²) in [6.07, 6.45) is 7.72. The molecule has 1 aliphatic carbocycles. The minimum Gasteiger partial charge on any atom is -0.467 e. The highest BCUT2D eigenvalue weighted by Crippen LogP contribution is 2.33. The lowest BCUT2D eigenvalue weighted by atomic mass is 9.88. The number of halogens is 1. The Hall–Kier alpha value is -1.33. The second-order valence-corrected chi connectivity index (χ2v) is 8.44. The standard InChI is InChI=1S/C19H23ClN2O2S/c20-15-7-4-8-16-17(15)21-19(25-16)24-14-9-11-22(12-10-14)18(23)13-5-2-1-3-6-13/h4,7-8,13-14H,1-3,5-6,9-12H2. The molecule has 1 aromatic carbocycles. The first kappa shape index (κ1) is 17.1. The summed E-state index contributed by atoms with van der Waals surface area (Å²) >= 11 is 7.72. The molecule has 0 radical (unpaired) electrons. The number of benzene rings is 1. The number of hydrogen-bond acceptors (Lipinski definition) is 4. The Morgan fingerprint density at radius 2 is 1.92 bits per heavy atom. The van der Waals surface area contributed by atoms with Crippen LogP contribution in [0.3, 0.4) is 0 Å². The summed E-state index contributed by atoms with van der Waals surface area (Å²) in [5.41, 5.74) is 0.814. The summed E-state index contributed by atoms with van der Waals surface area (Å²) in [7, 11) is 0. The third-order valence-electron chi connectivity index (χ3n) is 5.33. The van der Waals surface area contributed by atoms with Crippen LogP contribution in [0.15, 0.2) is 18.2 Å². The SMILES string of the molecule is O=C(C1CCCCC1)N1CCC(Oc2nc3c(Cl)cccc3s2)CC1. The van der Waals surface area contributed by atoms with Crippen molar-refractivity contribution in [1.82, 2.24) is 9.88 Å². The van der Waals surface area contributed by atoms with Crippen molar-refractivity contribution >= 4 is 39.1 Å². The molecule has 0 unspecified atom stereocenters. The van der Waals surface area contributed by atoms with Crippen molar-refractivity contribution in [3.05, 3.63) is 23.2 Å². The number of carbonyl (C=O) groups is 1. The maximum Gasteiger partial charge on any atom is 0.274 e. The van der Waals surface area contributed by atoms with Crippen molar-refractivity contribution < 1.29 is 9.53 Å². The van der Waals surface area contributed by atoms with E-state index in [1.807, 2.05) is 23.1 Å². The third-order valence-corrected chi connectivity index (χ3v) is 6.54. The van der Waals surface area contributed by atoms with Crippen LogP contribution in [0, 0.1) is 5.92 Å². The van der Waals surface area contributed by atoms with E-state index in [0.29, 0.717) is 16.1 Å². The van der Waals surface area contributed by atoms with Gasteiger partial charge < -0.3 is 9.64 Å². The summed E-state index contributed by atoms with van der Waals surface area (Å²) < 4.78 is 7.13. The lowest BCUT2D eigenvalue weighted by Crippen LogP contribution is -2.44. The van der Waals surface area contributed by atoms with Crippen molar-refractivity contribution in [2.75, 3.05) is 13.1 Å². The van der Waals surface area contributed by atoms with E-state index >= 15 is 0 Å².